The third kappa shape index (κ3) is 4.72. The molecule has 0 bridgehead atoms. The van der Waals surface area contributed by atoms with E-state index in [9.17, 15) is 9.90 Å². The van der Waals surface area contributed by atoms with Crippen LogP contribution in [0, 0.1) is 0 Å². The number of fused-ring (bicyclic) bond motifs is 1. The topological polar surface area (TPSA) is 91.1 Å². The first kappa shape index (κ1) is 22.1. The van der Waals surface area contributed by atoms with Gasteiger partial charge in [-0.1, -0.05) is 28.1 Å². The zero-order valence-electron chi connectivity index (χ0n) is 17.6. The Morgan fingerprint density at radius 1 is 1.19 bits per heavy atom. The molecule has 4 rings (SSSR count). The van der Waals surface area contributed by atoms with E-state index >= 15 is 0 Å². The van der Waals surface area contributed by atoms with Gasteiger partial charge in [0.15, 0.2) is 0 Å². The number of ether oxygens (including phenoxy) is 1. The summed E-state index contributed by atoms with van der Waals surface area (Å²) in [6.07, 6.45) is 0.0541. The van der Waals surface area contributed by atoms with Crippen LogP contribution >= 0.6 is 15.9 Å². The molecule has 0 aliphatic carbocycles. The Hall–Kier alpha value is -2.13. The molecule has 31 heavy (non-hydrogen) atoms. The highest BCUT2D eigenvalue weighted by atomic mass is 79.9. The fourth-order valence-corrected chi connectivity index (χ4v) is 5.00. The molecule has 8 heteroatoms. The summed E-state index contributed by atoms with van der Waals surface area (Å²) in [6.45, 7) is 2.20. The van der Waals surface area contributed by atoms with Crippen molar-refractivity contribution in [3.05, 3.63) is 58.6 Å². The Morgan fingerprint density at radius 3 is 2.55 bits per heavy atom. The summed E-state index contributed by atoms with van der Waals surface area (Å²) < 4.78 is 6.21. The van der Waals surface area contributed by atoms with Gasteiger partial charge in [-0.15, -0.1) is 0 Å². The van der Waals surface area contributed by atoms with Gasteiger partial charge in [-0.3, -0.25) is 4.90 Å². The Balaban J connectivity index is 1.52. The van der Waals surface area contributed by atoms with Crippen LogP contribution in [0.5, 0.6) is 5.75 Å². The summed E-state index contributed by atoms with van der Waals surface area (Å²) >= 11 is 3.50. The van der Waals surface area contributed by atoms with E-state index < -0.39 is 6.10 Å². The number of halogens is 1. The van der Waals surface area contributed by atoms with Crippen molar-refractivity contribution in [2.45, 2.75) is 30.5 Å². The molecule has 1 unspecified atom stereocenters. The molecule has 0 saturated carbocycles. The number of nitrogens with one attached hydrogen (secondary N) is 1. The number of hydrogen-bond donors (Lipinski definition) is 3. The molecular weight excluding hydrogens is 460 g/mol. The minimum absolute atomic E-state index is 0.117. The SMILES string of the molecule is COc1ccc(NC(=O)N2CC[C@H](O)CN3C(C2)[C@@H](c2ccc(Br)cc2)[C@H]3CN)cc1. The minimum Gasteiger partial charge on any atom is -0.497 e. The van der Waals surface area contributed by atoms with Crippen LogP contribution in [0.2, 0.25) is 0 Å². The van der Waals surface area contributed by atoms with Gasteiger partial charge in [-0.25, -0.2) is 4.79 Å². The number of carbonyl (C=O) groups is 1. The second-order valence-corrected chi connectivity index (χ2v) is 9.11. The van der Waals surface area contributed by atoms with Crippen LogP contribution in [0.1, 0.15) is 17.9 Å². The second-order valence-electron chi connectivity index (χ2n) is 8.19. The molecule has 0 spiro atoms. The fourth-order valence-electron chi connectivity index (χ4n) is 4.73. The first-order valence-corrected chi connectivity index (χ1v) is 11.4. The zero-order valence-corrected chi connectivity index (χ0v) is 19.2. The molecule has 4 atom stereocenters. The number of aliphatic hydroxyl groups excluding tert-OH is 1. The molecule has 2 fully saturated rings. The molecule has 2 amide bonds. The lowest BCUT2D eigenvalue weighted by atomic mass is 9.74. The van der Waals surface area contributed by atoms with Crippen molar-refractivity contribution in [2.75, 3.05) is 38.6 Å². The maximum Gasteiger partial charge on any atom is 0.321 e. The van der Waals surface area contributed by atoms with Crippen LogP contribution in [-0.4, -0.2) is 72.4 Å². The molecule has 2 saturated heterocycles. The average Bonchev–Trinajstić information content (AvgIpc) is 2.76. The summed E-state index contributed by atoms with van der Waals surface area (Å²) in [6, 6.07) is 15.7. The highest BCUT2D eigenvalue weighted by Crippen LogP contribution is 2.42. The highest BCUT2D eigenvalue weighted by Gasteiger charge is 2.50. The van der Waals surface area contributed by atoms with Gasteiger partial charge in [0, 0.05) is 54.3 Å². The van der Waals surface area contributed by atoms with Crippen molar-refractivity contribution in [1.82, 2.24) is 9.80 Å². The van der Waals surface area contributed by atoms with Crippen molar-refractivity contribution in [3.8, 4) is 5.75 Å². The first-order chi connectivity index (χ1) is 15.0. The number of nitrogens with two attached hydrogens (primary N) is 1. The number of nitrogens with zero attached hydrogens (tertiary/aromatic N) is 2. The minimum atomic E-state index is -0.487. The van der Waals surface area contributed by atoms with E-state index in [-0.39, 0.29) is 24.0 Å². The molecule has 166 valence electrons. The normalized spacial score (nSPS) is 26.3. The monoisotopic (exact) mass is 488 g/mol. The van der Waals surface area contributed by atoms with E-state index in [2.05, 4.69) is 38.3 Å². The zero-order chi connectivity index (χ0) is 22.0. The van der Waals surface area contributed by atoms with E-state index in [0.717, 1.165) is 10.2 Å². The summed E-state index contributed by atoms with van der Waals surface area (Å²) in [7, 11) is 1.61. The Labute approximate surface area is 191 Å². The number of rotatable bonds is 4. The van der Waals surface area contributed by atoms with Crippen molar-refractivity contribution in [2.24, 2.45) is 5.73 Å². The summed E-state index contributed by atoms with van der Waals surface area (Å²) in [5.41, 5.74) is 8.04. The number of hydrogen-bond acceptors (Lipinski definition) is 5. The number of methoxy groups -OCH3 is 1. The van der Waals surface area contributed by atoms with Gasteiger partial charge in [0.25, 0.3) is 0 Å². The number of benzene rings is 2. The molecule has 2 aromatic rings. The van der Waals surface area contributed by atoms with Gasteiger partial charge >= 0.3 is 6.03 Å². The lowest BCUT2D eigenvalue weighted by molar-refractivity contribution is -0.0630. The summed E-state index contributed by atoms with van der Waals surface area (Å²) in [4.78, 5) is 17.1. The fraction of sp³-hybridized carbons (Fsp3) is 0.435. The van der Waals surface area contributed by atoms with Crippen LogP contribution in [0.3, 0.4) is 0 Å². The van der Waals surface area contributed by atoms with Crippen molar-refractivity contribution in [1.29, 1.82) is 0 Å². The third-order valence-electron chi connectivity index (χ3n) is 6.37. The van der Waals surface area contributed by atoms with E-state index in [1.54, 1.807) is 7.11 Å². The maximum absolute atomic E-state index is 13.1. The largest absolute Gasteiger partial charge is 0.497 e. The summed E-state index contributed by atoms with van der Waals surface area (Å²) in [5, 5.41) is 13.5. The first-order valence-electron chi connectivity index (χ1n) is 10.6. The van der Waals surface area contributed by atoms with E-state index in [4.69, 9.17) is 10.5 Å². The van der Waals surface area contributed by atoms with Crippen molar-refractivity contribution >= 4 is 27.6 Å². The number of urea groups is 1. The smallest absolute Gasteiger partial charge is 0.321 e. The third-order valence-corrected chi connectivity index (χ3v) is 6.90. The number of amides is 2. The van der Waals surface area contributed by atoms with Crippen LogP contribution in [-0.2, 0) is 0 Å². The molecule has 2 aliphatic rings. The maximum atomic E-state index is 13.1. The second kappa shape index (κ2) is 9.56. The molecule has 0 aromatic heterocycles. The molecule has 2 aromatic carbocycles. The van der Waals surface area contributed by atoms with Crippen molar-refractivity contribution in [3.63, 3.8) is 0 Å². The predicted octanol–water partition coefficient (Wildman–Crippen LogP) is 2.85. The van der Waals surface area contributed by atoms with Crippen LogP contribution < -0.4 is 15.8 Å². The van der Waals surface area contributed by atoms with Gasteiger partial charge in [0.05, 0.1) is 13.2 Å². The summed E-state index contributed by atoms with van der Waals surface area (Å²) in [5.74, 6) is 0.961. The Kier molecular flexibility index (Phi) is 6.81. The Bertz CT molecular complexity index is 893. The van der Waals surface area contributed by atoms with Crippen LogP contribution in [0.25, 0.3) is 0 Å². The van der Waals surface area contributed by atoms with Gasteiger partial charge in [0.2, 0.25) is 0 Å². The number of carbonyl (C=O) groups excluding carboxylic acids is 1. The predicted molar refractivity (Wildman–Crippen MR) is 124 cm³/mol. The lowest BCUT2D eigenvalue weighted by Crippen LogP contribution is -2.70. The van der Waals surface area contributed by atoms with Crippen molar-refractivity contribution < 1.29 is 14.6 Å². The molecule has 0 radical (unpaired) electrons. The van der Waals surface area contributed by atoms with Crippen LogP contribution in [0.15, 0.2) is 53.0 Å². The standard InChI is InChI=1S/C23H29BrN4O3/c1-31-19-8-6-17(7-9-19)26-23(30)27-11-10-18(29)13-28-20(12-25)22(21(28)14-27)15-2-4-16(24)5-3-15/h2-9,18,20-22,29H,10-14,25H2,1H3,(H,26,30)/t18-,20+,21?,22-/m0/s1. The van der Waals surface area contributed by atoms with E-state index in [1.165, 1.54) is 5.56 Å². The molecule has 7 nitrogen and oxygen atoms in total. The Morgan fingerprint density at radius 2 is 1.90 bits per heavy atom. The lowest BCUT2D eigenvalue weighted by Gasteiger charge is -2.58. The number of anilines is 1. The molecule has 4 N–H and O–H groups in total. The van der Waals surface area contributed by atoms with E-state index in [0.29, 0.717) is 38.3 Å². The quantitative estimate of drug-likeness (QED) is 0.615. The van der Waals surface area contributed by atoms with Gasteiger partial charge in [-0.2, -0.15) is 0 Å². The van der Waals surface area contributed by atoms with Crippen LogP contribution in [0.4, 0.5) is 10.5 Å². The molecular formula is C23H29BrN4O3. The van der Waals surface area contributed by atoms with Gasteiger partial charge < -0.3 is 25.8 Å². The number of aliphatic hydroxyl groups is 1. The average molecular weight is 489 g/mol. The van der Waals surface area contributed by atoms with Gasteiger partial charge in [-0.05, 0) is 48.4 Å². The molecule has 2 heterocycles. The van der Waals surface area contributed by atoms with Gasteiger partial charge in [0.1, 0.15) is 5.75 Å². The highest BCUT2D eigenvalue weighted by molar-refractivity contribution is 9.10. The van der Waals surface area contributed by atoms with E-state index in [1.807, 2.05) is 41.3 Å². The molecule has 2 aliphatic heterocycles.